The lowest BCUT2D eigenvalue weighted by molar-refractivity contribution is -0.143. The molecule has 3 heteroatoms. The third-order valence-corrected chi connectivity index (χ3v) is 3.19. The van der Waals surface area contributed by atoms with Gasteiger partial charge >= 0.3 is 5.97 Å². The van der Waals surface area contributed by atoms with E-state index in [-0.39, 0.29) is 23.9 Å². The Labute approximate surface area is 76.0 Å². The van der Waals surface area contributed by atoms with E-state index in [1.807, 2.05) is 19.1 Å². The van der Waals surface area contributed by atoms with Gasteiger partial charge in [0.2, 0.25) is 0 Å². The highest BCUT2D eigenvalue weighted by Gasteiger charge is 2.62. The summed E-state index contributed by atoms with van der Waals surface area (Å²) in [4.78, 5) is 11.5. The fraction of sp³-hybridized carbons (Fsp3) is 0.500. The molecule has 13 heavy (non-hydrogen) atoms. The molecule has 2 saturated heterocycles. The first-order chi connectivity index (χ1) is 6.12. The zero-order valence-corrected chi connectivity index (χ0v) is 7.32. The quantitative estimate of drug-likeness (QED) is 0.410. The van der Waals surface area contributed by atoms with E-state index in [1.165, 1.54) is 0 Å². The van der Waals surface area contributed by atoms with Crippen LogP contribution in [0.3, 0.4) is 0 Å². The minimum atomic E-state index is -0.453. The molecule has 3 rings (SSSR count). The van der Waals surface area contributed by atoms with Gasteiger partial charge in [0.15, 0.2) is 0 Å². The van der Waals surface area contributed by atoms with Crippen molar-refractivity contribution in [3.05, 3.63) is 24.5 Å². The maximum atomic E-state index is 11.5. The highest BCUT2D eigenvalue weighted by Crippen LogP contribution is 2.53. The van der Waals surface area contributed by atoms with E-state index in [1.54, 1.807) is 0 Å². The highest BCUT2D eigenvalue weighted by atomic mass is 16.6. The molecule has 3 aliphatic heterocycles. The van der Waals surface area contributed by atoms with Crippen LogP contribution in [0.1, 0.15) is 6.92 Å². The van der Waals surface area contributed by atoms with Gasteiger partial charge in [-0.05, 0) is 6.92 Å². The van der Waals surface area contributed by atoms with Crippen LogP contribution in [-0.2, 0) is 14.3 Å². The van der Waals surface area contributed by atoms with E-state index in [4.69, 9.17) is 9.47 Å². The van der Waals surface area contributed by atoms with Crippen LogP contribution in [-0.4, -0.2) is 17.7 Å². The molecule has 68 valence electrons. The number of cyclic esters (lactones) is 1. The lowest BCUT2D eigenvalue weighted by atomic mass is 9.77. The average molecular weight is 178 g/mol. The topological polar surface area (TPSA) is 35.5 Å². The normalized spacial score (nSPS) is 51.3. The fourth-order valence-corrected chi connectivity index (χ4v) is 2.58. The van der Waals surface area contributed by atoms with E-state index in [9.17, 15) is 4.79 Å². The predicted molar refractivity (Wildman–Crippen MR) is 44.6 cm³/mol. The minimum absolute atomic E-state index is 0.00560. The monoisotopic (exact) mass is 178 g/mol. The van der Waals surface area contributed by atoms with Crippen molar-refractivity contribution in [2.45, 2.75) is 18.6 Å². The Kier molecular flexibility index (Phi) is 1.06. The first kappa shape index (κ1) is 7.33. The van der Waals surface area contributed by atoms with Gasteiger partial charge in [-0.1, -0.05) is 18.7 Å². The highest BCUT2D eigenvalue weighted by molar-refractivity contribution is 5.80. The van der Waals surface area contributed by atoms with E-state index in [0.717, 1.165) is 0 Å². The van der Waals surface area contributed by atoms with Gasteiger partial charge in [0.25, 0.3) is 0 Å². The largest absolute Gasteiger partial charge is 0.431 e. The molecule has 0 aliphatic carbocycles. The summed E-state index contributed by atoms with van der Waals surface area (Å²) in [5.41, 5.74) is -0.453. The molecule has 0 radical (unpaired) electrons. The van der Waals surface area contributed by atoms with Crippen LogP contribution in [0.15, 0.2) is 24.5 Å². The molecule has 0 N–H and O–H groups in total. The van der Waals surface area contributed by atoms with E-state index in [2.05, 4.69) is 6.58 Å². The van der Waals surface area contributed by atoms with Crippen molar-refractivity contribution in [1.82, 2.24) is 0 Å². The Balaban J connectivity index is 2.13. The maximum absolute atomic E-state index is 11.5. The van der Waals surface area contributed by atoms with Crippen molar-refractivity contribution < 1.29 is 14.3 Å². The molecule has 3 nitrogen and oxygen atoms in total. The standard InChI is InChI=1S/C10H10O3/c1-5-7-6-3-4-10(2,13-6)8(7)9(11)12-5/h3-4,6-8H,1H2,2H3. The van der Waals surface area contributed by atoms with Crippen LogP contribution in [0.25, 0.3) is 0 Å². The molecule has 0 saturated carbocycles. The van der Waals surface area contributed by atoms with E-state index < -0.39 is 5.60 Å². The van der Waals surface area contributed by atoms with Crippen molar-refractivity contribution in [3.8, 4) is 0 Å². The van der Waals surface area contributed by atoms with Crippen LogP contribution in [0, 0.1) is 11.8 Å². The Morgan fingerprint density at radius 3 is 3.08 bits per heavy atom. The number of carbonyl (C=O) groups is 1. The third-order valence-electron chi connectivity index (χ3n) is 3.19. The first-order valence-electron chi connectivity index (χ1n) is 4.39. The van der Waals surface area contributed by atoms with Crippen molar-refractivity contribution in [1.29, 1.82) is 0 Å². The van der Waals surface area contributed by atoms with Gasteiger partial charge in [-0.2, -0.15) is 0 Å². The average Bonchev–Trinajstić information content (AvgIpc) is 2.62. The molecule has 2 bridgehead atoms. The molecular weight excluding hydrogens is 168 g/mol. The Morgan fingerprint density at radius 2 is 2.38 bits per heavy atom. The summed E-state index contributed by atoms with van der Waals surface area (Å²) in [6.45, 7) is 5.66. The second-order valence-electron chi connectivity index (χ2n) is 4.02. The summed E-state index contributed by atoms with van der Waals surface area (Å²) in [5.74, 6) is 0.245. The summed E-state index contributed by atoms with van der Waals surface area (Å²) in [6.07, 6.45) is 3.95. The second-order valence-corrected chi connectivity index (χ2v) is 4.02. The molecule has 2 fully saturated rings. The number of carbonyl (C=O) groups excluding carboxylic acids is 1. The predicted octanol–water partition coefficient (Wildman–Crippen LogP) is 1.02. The number of ether oxygens (including phenoxy) is 2. The Bertz CT molecular complexity index is 344. The number of hydrogen-bond donors (Lipinski definition) is 0. The number of fused-ring (bicyclic) bond motifs is 5. The van der Waals surface area contributed by atoms with Crippen LogP contribution in [0.5, 0.6) is 0 Å². The van der Waals surface area contributed by atoms with Crippen molar-refractivity contribution in [3.63, 3.8) is 0 Å². The smallest absolute Gasteiger partial charge is 0.318 e. The van der Waals surface area contributed by atoms with Gasteiger partial charge in [-0.3, -0.25) is 4.79 Å². The molecule has 0 aromatic carbocycles. The fourth-order valence-electron chi connectivity index (χ4n) is 2.58. The van der Waals surface area contributed by atoms with Gasteiger partial charge in [-0.25, -0.2) is 0 Å². The molecule has 3 heterocycles. The van der Waals surface area contributed by atoms with Gasteiger partial charge in [0.1, 0.15) is 11.7 Å². The molecule has 0 amide bonds. The summed E-state index contributed by atoms with van der Waals surface area (Å²) in [5, 5.41) is 0. The molecule has 0 spiro atoms. The first-order valence-corrected chi connectivity index (χ1v) is 4.39. The lowest BCUT2D eigenvalue weighted by Gasteiger charge is -2.21. The summed E-state index contributed by atoms with van der Waals surface area (Å²) >= 11 is 0. The van der Waals surface area contributed by atoms with Crippen molar-refractivity contribution in [2.24, 2.45) is 11.8 Å². The van der Waals surface area contributed by atoms with Gasteiger partial charge in [-0.15, -0.1) is 0 Å². The van der Waals surface area contributed by atoms with Gasteiger partial charge in [0.05, 0.1) is 17.6 Å². The van der Waals surface area contributed by atoms with Crippen LogP contribution >= 0.6 is 0 Å². The SMILES string of the molecule is C=C1OC(=O)C2C1C1C=CC2(C)O1. The minimum Gasteiger partial charge on any atom is -0.431 e. The lowest BCUT2D eigenvalue weighted by Crippen LogP contribution is -2.34. The summed E-state index contributed by atoms with van der Waals surface area (Å²) < 4.78 is 10.7. The number of esters is 1. The third kappa shape index (κ3) is 0.672. The molecule has 0 aromatic heterocycles. The van der Waals surface area contributed by atoms with Crippen LogP contribution < -0.4 is 0 Å². The zero-order valence-electron chi connectivity index (χ0n) is 7.32. The van der Waals surface area contributed by atoms with Crippen LogP contribution in [0.4, 0.5) is 0 Å². The molecular formula is C10H10O3. The van der Waals surface area contributed by atoms with Gasteiger partial charge < -0.3 is 9.47 Å². The Hall–Kier alpha value is -1.09. The van der Waals surface area contributed by atoms with Gasteiger partial charge in [0, 0.05) is 0 Å². The molecule has 4 atom stereocenters. The Morgan fingerprint density at radius 1 is 1.62 bits per heavy atom. The van der Waals surface area contributed by atoms with Crippen molar-refractivity contribution >= 4 is 5.97 Å². The second kappa shape index (κ2) is 1.87. The number of rotatable bonds is 0. The van der Waals surface area contributed by atoms with E-state index >= 15 is 0 Å². The van der Waals surface area contributed by atoms with Crippen LogP contribution in [0.2, 0.25) is 0 Å². The maximum Gasteiger partial charge on any atom is 0.318 e. The summed E-state index contributed by atoms with van der Waals surface area (Å²) in [7, 11) is 0. The number of hydrogen-bond acceptors (Lipinski definition) is 3. The van der Waals surface area contributed by atoms with Crippen molar-refractivity contribution in [2.75, 3.05) is 0 Å². The summed E-state index contributed by atoms with van der Waals surface area (Å²) in [6, 6.07) is 0. The van der Waals surface area contributed by atoms with E-state index in [0.29, 0.717) is 5.76 Å². The zero-order chi connectivity index (χ0) is 9.22. The molecule has 4 unspecified atom stereocenters. The molecule has 3 aliphatic rings. The molecule has 0 aromatic rings.